The van der Waals surface area contributed by atoms with Gasteiger partial charge in [0.2, 0.25) is 0 Å². The van der Waals surface area contributed by atoms with Crippen LogP contribution in [-0.2, 0) is 0 Å². The maximum absolute atomic E-state index is 10.8. The number of nitro benzene ring substituents is 1. The largest absolute Gasteiger partial charge is 0.460 e. The molecule has 2 aromatic rings. The average Bonchev–Trinajstić information content (AvgIpc) is 2.75. The number of aryl methyl sites for hydroxylation is 1. The second-order valence-corrected chi connectivity index (χ2v) is 3.59. The smallest absolute Gasteiger partial charge is 0.294 e. The van der Waals surface area contributed by atoms with Crippen LogP contribution < -0.4 is 5.43 Å². The number of nitrogens with zero attached hydrogens (tertiary/aromatic N) is 2. The van der Waals surface area contributed by atoms with E-state index >= 15 is 0 Å². The predicted molar refractivity (Wildman–Crippen MR) is 67.8 cm³/mol. The van der Waals surface area contributed by atoms with Gasteiger partial charge in [0.15, 0.2) is 0 Å². The highest BCUT2D eigenvalue weighted by atomic mass is 16.6. The first kappa shape index (κ1) is 11.8. The molecule has 0 amide bonds. The fraction of sp³-hybridized carbons (Fsp3) is 0.0833. The molecule has 6 nitrogen and oxygen atoms in total. The highest BCUT2D eigenvalue weighted by Gasteiger charge is 2.10. The van der Waals surface area contributed by atoms with E-state index in [0.717, 1.165) is 5.76 Å². The van der Waals surface area contributed by atoms with Crippen molar-refractivity contribution in [3.05, 3.63) is 58.0 Å². The quantitative estimate of drug-likeness (QED) is 0.510. The zero-order valence-electron chi connectivity index (χ0n) is 9.66. The molecule has 0 fully saturated rings. The molecule has 2 rings (SSSR count). The van der Waals surface area contributed by atoms with E-state index in [0.29, 0.717) is 11.4 Å². The van der Waals surface area contributed by atoms with Crippen molar-refractivity contribution in [2.75, 3.05) is 5.43 Å². The highest BCUT2D eigenvalue weighted by molar-refractivity contribution is 5.77. The van der Waals surface area contributed by atoms with E-state index in [-0.39, 0.29) is 5.69 Å². The molecule has 0 atom stereocenters. The van der Waals surface area contributed by atoms with E-state index in [2.05, 4.69) is 10.5 Å². The molecule has 0 spiro atoms. The van der Waals surface area contributed by atoms with Gasteiger partial charge in [-0.15, -0.1) is 0 Å². The SMILES string of the molecule is Cc1ccc(/C=N\Nc2ccccc2[N+](=O)[O-])o1. The van der Waals surface area contributed by atoms with Crippen molar-refractivity contribution < 1.29 is 9.34 Å². The van der Waals surface area contributed by atoms with Crippen LogP contribution in [0.1, 0.15) is 11.5 Å². The Morgan fingerprint density at radius 3 is 2.78 bits per heavy atom. The lowest BCUT2D eigenvalue weighted by molar-refractivity contribution is -0.384. The van der Waals surface area contributed by atoms with Gasteiger partial charge in [-0.3, -0.25) is 15.5 Å². The minimum Gasteiger partial charge on any atom is -0.460 e. The van der Waals surface area contributed by atoms with Gasteiger partial charge in [0.25, 0.3) is 5.69 Å². The summed E-state index contributed by atoms with van der Waals surface area (Å²) >= 11 is 0. The molecule has 0 saturated carbocycles. The minimum absolute atomic E-state index is 0.0229. The number of para-hydroxylation sites is 2. The van der Waals surface area contributed by atoms with Gasteiger partial charge in [-0.1, -0.05) is 12.1 Å². The third-order valence-corrected chi connectivity index (χ3v) is 2.24. The lowest BCUT2D eigenvalue weighted by Crippen LogP contribution is -1.96. The first-order valence-electron chi connectivity index (χ1n) is 5.26. The summed E-state index contributed by atoms with van der Waals surface area (Å²) in [5.41, 5.74) is 2.93. The van der Waals surface area contributed by atoms with Crippen LogP contribution in [0.15, 0.2) is 45.9 Å². The lowest BCUT2D eigenvalue weighted by atomic mass is 10.3. The topological polar surface area (TPSA) is 80.7 Å². The van der Waals surface area contributed by atoms with E-state index in [9.17, 15) is 10.1 Å². The Kier molecular flexibility index (Phi) is 3.38. The second kappa shape index (κ2) is 5.13. The molecule has 0 unspecified atom stereocenters. The van der Waals surface area contributed by atoms with E-state index in [1.54, 1.807) is 24.3 Å². The molecular weight excluding hydrogens is 234 g/mol. The van der Waals surface area contributed by atoms with E-state index in [4.69, 9.17) is 4.42 Å². The molecule has 0 aliphatic rings. The Morgan fingerprint density at radius 1 is 1.33 bits per heavy atom. The minimum atomic E-state index is -0.463. The number of nitro groups is 1. The Labute approximate surface area is 103 Å². The summed E-state index contributed by atoms with van der Waals surface area (Å²) in [5, 5.41) is 14.6. The summed E-state index contributed by atoms with van der Waals surface area (Å²) in [7, 11) is 0. The third-order valence-electron chi connectivity index (χ3n) is 2.24. The zero-order chi connectivity index (χ0) is 13.0. The molecule has 1 heterocycles. The van der Waals surface area contributed by atoms with Gasteiger partial charge in [0.05, 0.1) is 11.1 Å². The Balaban J connectivity index is 2.11. The Morgan fingerprint density at radius 2 is 2.11 bits per heavy atom. The predicted octanol–water partition coefficient (Wildman–Crippen LogP) is 2.94. The van der Waals surface area contributed by atoms with Crippen molar-refractivity contribution in [1.29, 1.82) is 0 Å². The lowest BCUT2D eigenvalue weighted by Gasteiger charge is -2.00. The van der Waals surface area contributed by atoms with Crippen LogP contribution in [0.5, 0.6) is 0 Å². The normalized spacial score (nSPS) is 10.7. The number of benzene rings is 1. The van der Waals surface area contributed by atoms with Crippen LogP contribution >= 0.6 is 0 Å². The van der Waals surface area contributed by atoms with E-state index in [1.807, 2.05) is 13.0 Å². The Hall–Kier alpha value is -2.63. The maximum Gasteiger partial charge on any atom is 0.294 e. The van der Waals surface area contributed by atoms with Crippen molar-refractivity contribution in [3.8, 4) is 0 Å². The van der Waals surface area contributed by atoms with E-state index < -0.39 is 4.92 Å². The van der Waals surface area contributed by atoms with Gasteiger partial charge < -0.3 is 4.42 Å². The van der Waals surface area contributed by atoms with Gasteiger partial charge in [-0.2, -0.15) is 5.10 Å². The second-order valence-electron chi connectivity index (χ2n) is 3.59. The number of anilines is 1. The first-order valence-corrected chi connectivity index (χ1v) is 5.26. The van der Waals surface area contributed by atoms with Crippen molar-refractivity contribution in [3.63, 3.8) is 0 Å². The molecule has 0 radical (unpaired) electrons. The molecule has 1 aromatic carbocycles. The summed E-state index contributed by atoms with van der Waals surface area (Å²) in [6, 6.07) is 9.87. The Bertz CT molecular complexity index is 590. The average molecular weight is 245 g/mol. The number of hydrogen-bond acceptors (Lipinski definition) is 5. The van der Waals surface area contributed by atoms with Gasteiger partial charge >= 0.3 is 0 Å². The molecular formula is C12H11N3O3. The molecule has 0 saturated heterocycles. The van der Waals surface area contributed by atoms with Gasteiger partial charge in [0.1, 0.15) is 17.2 Å². The number of nitrogens with one attached hydrogen (secondary N) is 1. The monoisotopic (exact) mass is 245 g/mol. The fourth-order valence-electron chi connectivity index (χ4n) is 1.42. The molecule has 1 N–H and O–H groups in total. The molecule has 0 bridgehead atoms. The number of hydrazone groups is 1. The van der Waals surface area contributed by atoms with Crippen LogP contribution in [-0.4, -0.2) is 11.1 Å². The van der Waals surface area contributed by atoms with Crippen LogP contribution in [0.2, 0.25) is 0 Å². The number of furan rings is 1. The standard InChI is InChI=1S/C12H11N3O3/c1-9-6-7-10(18-9)8-13-14-11-4-2-3-5-12(11)15(16)17/h2-8,14H,1H3/b13-8-. The number of hydrogen-bond donors (Lipinski definition) is 1. The molecule has 6 heteroatoms. The van der Waals surface area contributed by atoms with Gasteiger partial charge in [-0.05, 0) is 25.1 Å². The molecule has 92 valence electrons. The van der Waals surface area contributed by atoms with Crippen LogP contribution in [0, 0.1) is 17.0 Å². The van der Waals surface area contributed by atoms with Gasteiger partial charge in [-0.25, -0.2) is 0 Å². The summed E-state index contributed by atoms with van der Waals surface area (Å²) in [6.45, 7) is 1.83. The summed E-state index contributed by atoms with van der Waals surface area (Å²) < 4.78 is 5.28. The fourth-order valence-corrected chi connectivity index (χ4v) is 1.42. The maximum atomic E-state index is 10.8. The van der Waals surface area contributed by atoms with Crippen molar-refractivity contribution in [1.82, 2.24) is 0 Å². The highest BCUT2D eigenvalue weighted by Crippen LogP contribution is 2.22. The van der Waals surface area contributed by atoms with Crippen LogP contribution in [0.3, 0.4) is 0 Å². The van der Waals surface area contributed by atoms with Crippen LogP contribution in [0.25, 0.3) is 0 Å². The van der Waals surface area contributed by atoms with E-state index in [1.165, 1.54) is 12.3 Å². The molecule has 1 aromatic heterocycles. The van der Waals surface area contributed by atoms with Crippen molar-refractivity contribution >= 4 is 17.6 Å². The molecule has 18 heavy (non-hydrogen) atoms. The summed E-state index contributed by atoms with van der Waals surface area (Å²) in [4.78, 5) is 10.3. The van der Waals surface area contributed by atoms with Gasteiger partial charge in [0, 0.05) is 6.07 Å². The molecule has 0 aliphatic carbocycles. The van der Waals surface area contributed by atoms with Crippen molar-refractivity contribution in [2.24, 2.45) is 5.10 Å². The molecule has 0 aliphatic heterocycles. The first-order chi connectivity index (χ1) is 8.66. The summed E-state index contributed by atoms with van der Waals surface area (Å²) in [5.74, 6) is 1.36. The number of rotatable bonds is 4. The summed E-state index contributed by atoms with van der Waals surface area (Å²) in [6.07, 6.45) is 1.46. The van der Waals surface area contributed by atoms with Crippen molar-refractivity contribution in [2.45, 2.75) is 6.92 Å². The zero-order valence-corrected chi connectivity index (χ0v) is 9.66. The van der Waals surface area contributed by atoms with Crippen LogP contribution in [0.4, 0.5) is 11.4 Å². The third kappa shape index (κ3) is 2.73.